The Morgan fingerprint density at radius 2 is 1.31 bits per heavy atom. The van der Waals surface area contributed by atoms with Crippen LogP contribution in [0.1, 0.15) is 0 Å². The molecule has 166 valence electrons. The lowest BCUT2D eigenvalue weighted by molar-refractivity contribution is 0.625. The Kier molecular flexibility index (Phi) is 4.44. The third-order valence-electron chi connectivity index (χ3n) is 6.29. The minimum atomic E-state index is -0.192. The van der Waals surface area contributed by atoms with Gasteiger partial charge < -0.3 is 4.42 Å². The summed E-state index contributed by atoms with van der Waals surface area (Å²) < 4.78 is 8.98. The van der Waals surface area contributed by atoms with Gasteiger partial charge in [0.1, 0.15) is 11.3 Å². The van der Waals surface area contributed by atoms with Gasteiger partial charge in [0.05, 0.1) is 15.8 Å². The van der Waals surface area contributed by atoms with Gasteiger partial charge in [-0.1, -0.05) is 108 Å². The van der Waals surface area contributed by atoms with Gasteiger partial charge in [-0.25, -0.2) is 9.38 Å². The molecule has 0 spiro atoms. The van der Waals surface area contributed by atoms with Gasteiger partial charge in [-0.15, -0.1) is 0 Å². The van der Waals surface area contributed by atoms with Crippen LogP contribution in [-0.2, 0) is 0 Å². The first-order valence-electron chi connectivity index (χ1n) is 11.4. The van der Waals surface area contributed by atoms with E-state index in [4.69, 9.17) is 9.40 Å². The fraction of sp³-hybridized carbons (Fsp3) is 0. The van der Waals surface area contributed by atoms with Gasteiger partial charge >= 0.3 is 5.56 Å². The molecular weight excluding hydrogens is 452 g/mol. The molecule has 3 heterocycles. The van der Waals surface area contributed by atoms with Crippen LogP contribution in [0, 0.1) is 0 Å². The largest absolute Gasteiger partial charge is 0.448 e. The number of fused-ring (bicyclic) bond motifs is 4. The van der Waals surface area contributed by atoms with E-state index < -0.39 is 0 Å². The van der Waals surface area contributed by atoms with Crippen LogP contribution >= 0.6 is 11.3 Å². The van der Waals surface area contributed by atoms with Crippen LogP contribution < -0.4 is 5.56 Å². The topological polar surface area (TPSA) is 47.5 Å². The number of hydrogen-bond acceptors (Lipinski definition) is 4. The molecule has 0 radical (unpaired) electrons. The molecule has 4 aromatic carbocycles. The molecule has 0 amide bonds. The van der Waals surface area contributed by atoms with E-state index in [9.17, 15) is 4.79 Å². The minimum absolute atomic E-state index is 0.192. The SMILES string of the molecule is O=c1c2oc(-c3ccccc3)c(-c3ccccc3)c2nc2sc3cc(-c4ccccc4)ccc3n12. The molecule has 0 N–H and O–H groups in total. The second kappa shape index (κ2) is 7.79. The van der Waals surface area contributed by atoms with Crippen molar-refractivity contribution in [2.24, 2.45) is 0 Å². The second-order valence-corrected chi connectivity index (χ2v) is 9.41. The van der Waals surface area contributed by atoms with Gasteiger partial charge in [-0.05, 0) is 28.8 Å². The quantitative estimate of drug-likeness (QED) is 0.266. The first-order chi connectivity index (χ1) is 17.3. The maximum atomic E-state index is 13.8. The lowest BCUT2D eigenvalue weighted by Crippen LogP contribution is -2.12. The van der Waals surface area contributed by atoms with Crippen molar-refractivity contribution in [3.05, 3.63) is 120 Å². The first kappa shape index (κ1) is 19.9. The highest BCUT2D eigenvalue weighted by molar-refractivity contribution is 7.23. The Morgan fingerprint density at radius 1 is 0.686 bits per heavy atom. The standard InChI is InChI=1S/C30H18N2O2S/c33-29-28-26(25(20-12-6-2-7-13-20)27(34-28)21-14-8-3-9-15-21)31-30-32(29)23-17-16-22(18-24(23)35-30)19-10-4-1-5-11-19/h1-18H. The molecule has 0 aliphatic carbocycles. The number of hydrogen-bond donors (Lipinski definition) is 0. The third kappa shape index (κ3) is 3.13. The average molecular weight is 471 g/mol. The van der Waals surface area contributed by atoms with Crippen LogP contribution in [0.2, 0.25) is 0 Å². The number of nitrogens with zero attached hydrogens (tertiary/aromatic N) is 2. The minimum Gasteiger partial charge on any atom is -0.448 e. The maximum Gasteiger partial charge on any atom is 0.302 e. The Labute approximate surface area is 204 Å². The van der Waals surface area contributed by atoms with Crippen molar-refractivity contribution in [3.8, 4) is 33.6 Å². The Bertz CT molecular complexity index is 1900. The predicted molar refractivity (Wildman–Crippen MR) is 143 cm³/mol. The van der Waals surface area contributed by atoms with Crippen molar-refractivity contribution in [2.45, 2.75) is 0 Å². The van der Waals surface area contributed by atoms with E-state index in [1.165, 1.54) is 11.3 Å². The number of furan rings is 1. The average Bonchev–Trinajstić information content (AvgIpc) is 3.49. The summed E-state index contributed by atoms with van der Waals surface area (Å²) in [5.41, 5.74) is 6.47. The summed E-state index contributed by atoms with van der Waals surface area (Å²) in [6.45, 7) is 0. The summed E-state index contributed by atoms with van der Waals surface area (Å²) in [6.07, 6.45) is 0. The Hall–Kier alpha value is -4.48. The normalized spacial score (nSPS) is 11.5. The highest BCUT2D eigenvalue weighted by Gasteiger charge is 2.23. The van der Waals surface area contributed by atoms with E-state index in [-0.39, 0.29) is 11.1 Å². The van der Waals surface area contributed by atoms with Gasteiger partial charge in [-0.2, -0.15) is 0 Å². The summed E-state index contributed by atoms with van der Waals surface area (Å²) in [6, 6.07) is 36.3. The molecule has 0 atom stereocenters. The van der Waals surface area contributed by atoms with Gasteiger partial charge in [-0.3, -0.25) is 4.79 Å². The Morgan fingerprint density at radius 3 is 2.00 bits per heavy atom. The zero-order valence-corrected chi connectivity index (χ0v) is 19.3. The van der Waals surface area contributed by atoms with Gasteiger partial charge in [0.2, 0.25) is 5.58 Å². The molecule has 0 aliphatic heterocycles. The number of rotatable bonds is 3. The highest BCUT2D eigenvalue weighted by atomic mass is 32.1. The van der Waals surface area contributed by atoms with E-state index in [0.717, 1.165) is 38.0 Å². The summed E-state index contributed by atoms with van der Waals surface area (Å²) in [7, 11) is 0. The fourth-order valence-electron chi connectivity index (χ4n) is 4.64. The maximum absolute atomic E-state index is 13.8. The van der Waals surface area contributed by atoms with Crippen LogP contribution in [0.15, 0.2) is 118 Å². The lowest BCUT2D eigenvalue weighted by Gasteiger charge is -2.03. The molecule has 3 aromatic heterocycles. The van der Waals surface area contributed by atoms with E-state index in [1.807, 2.05) is 91.0 Å². The summed E-state index contributed by atoms with van der Waals surface area (Å²) in [5, 5.41) is 0. The van der Waals surface area contributed by atoms with Crippen LogP contribution in [0.5, 0.6) is 0 Å². The lowest BCUT2D eigenvalue weighted by atomic mass is 10.0. The van der Waals surface area contributed by atoms with E-state index in [0.29, 0.717) is 16.2 Å². The second-order valence-electron chi connectivity index (χ2n) is 8.40. The molecule has 0 bridgehead atoms. The summed E-state index contributed by atoms with van der Waals surface area (Å²) in [4.78, 5) is 19.4. The zero-order chi connectivity index (χ0) is 23.4. The number of aromatic nitrogens is 2. The predicted octanol–water partition coefficient (Wildman–Crippen LogP) is 7.66. The summed E-state index contributed by atoms with van der Waals surface area (Å²) in [5.74, 6) is 0.658. The number of benzene rings is 4. The summed E-state index contributed by atoms with van der Waals surface area (Å²) >= 11 is 1.52. The van der Waals surface area contributed by atoms with Crippen LogP contribution in [0.3, 0.4) is 0 Å². The molecule has 7 aromatic rings. The van der Waals surface area contributed by atoms with E-state index in [1.54, 1.807) is 4.40 Å². The molecule has 7 rings (SSSR count). The van der Waals surface area contributed by atoms with E-state index in [2.05, 4.69) is 18.2 Å². The monoisotopic (exact) mass is 470 g/mol. The molecule has 0 saturated heterocycles. The van der Waals surface area contributed by atoms with Crippen LogP contribution in [0.25, 0.3) is 59.9 Å². The molecule has 35 heavy (non-hydrogen) atoms. The van der Waals surface area contributed by atoms with Crippen LogP contribution in [0.4, 0.5) is 0 Å². The smallest absolute Gasteiger partial charge is 0.302 e. The molecule has 4 nitrogen and oxygen atoms in total. The van der Waals surface area contributed by atoms with E-state index >= 15 is 0 Å². The molecule has 0 saturated carbocycles. The zero-order valence-electron chi connectivity index (χ0n) is 18.5. The van der Waals surface area contributed by atoms with Crippen molar-refractivity contribution in [1.82, 2.24) is 9.38 Å². The van der Waals surface area contributed by atoms with Crippen molar-refractivity contribution < 1.29 is 4.42 Å². The molecule has 5 heteroatoms. The number of thiazole rings is 1. The molecule has 0 unspecified atom stereocenters. The molecule has 0 fully saturated rings. The van der Waals surface area contributed by atoms with Gasteiger partial charge in [0.25, 0.3) is 0 Å². The van der Waals surface area contributed by atoms with Crippen molar-refractivity contribution in [2.75, 3.05) is 0 Å². The van der Waals surface area contributed by atoms with Crippen molar-refractivity contribution in [1.29, 1.82) is 0 Å². The fourth-order valence-corrected chi connectivity index (χ4v) is 5.70. The van der Waals surface area contributed by atoms with Crippen molar-refractivity contribution in [3.63, 3.8) is 0 Å². The first-order valence-corrected chi connectivity index (χ1v) is 12.2. The van der Waals surface area contributed by atoms with Crippen LogP contribution in [-0.4, -0.2) is 9.38 Å². The Balaban J connectivity index is 1.54. The van der Waals surface area contributed by atoms with Crippen molar-refractivity contribution >= 4 is 37.6 Å². The molecular formula is C30H18N2O2S. The van der Waals surface area contributed by atoms with Gasteiger partial charge in [0.15, 0.2) is 4.96 Å². The third-order valence-corrected chi connectivity index (χ3v) is 7.29. The molecule has 0 aliphatic rings. The highest BCUT2D eigenvalue weighted by Crippen LogP contribution is 2.40. The van der Waals surface area contributed by atoms with Gasteiger partial charge in [0, 0.05) is 5.56 Å².